The lowest BCUT2D eigenvalue weighted by atomic mass is 9.99. The summed E-state index contributed by atoms with van der Waals surface area (Å²) in [4.78, 5) is 15.5. The highest BCUT2D eigenvalue weighted by molar-refractivity contribution is 5.67. The van der Waals surface area contributed by atoms with Crippen LogP contribution in [0.3, 0.4) is 0 Å². The summed E-state index contributed by atoms with van der Waals surface area (Å²) in [5.74, 6) is 1.47. The lowest BCUT2D eigenvalue weighted by molar-refractivity contribution is -0.136. The van der Waals surface area contributed by atoms with Crippen molar-refractivity contribution in [2.45, 2.75) is 46.0 Å². The van der Waals surface area contributed by atoms with Crippen LogP contribution in [0.4, 0.5) is 0 Å². The second-order valence-electron chi connectivity index (χ2n) is 7.06. The predicted molar refractivity (Wildman–Crippen MR) is 112 cm³/mol. The second kappa shape index (κ2) is 9.92. The molecule has 1 aromatic heterocycles. The van der Waals surface area contributed by atoms with Crippen molar-refractivity contribution < 1.29 is 19.1 Å². The molecule has 0 saturated heterocycles. The molecule has 1 heterocycles. The monoisotopic (exact) mass is 393 g/mol. The van der Waals surface area contributed by atoms with E-state index in [0.29, 0.717) is 25.3 Å². The Bertz CT molecular complexity index is 947. The number of aromatic nitrogens is 1. The van der Waals surface area contributed by atoms with Gasteiger partial charge in [0.15, 0.2) is 0 Å². The first-order valence-corrected chi connectivity index (χ1v) is 10.0. The van der Waals surface area contributed by atoms with Gasteiger partial charge in [-0.05, 0) is 55.2 Å². The number of carbonyl (C=O) groups is 1. The molecule has 0 saturated carbocycles. The van der Waals surface area contributed by atoms with Crippen molar-refractivity contribution in [3.05, 3.63) is 71.1 Å². The van der Waals surface area contributed by atoms with Crippen molar-refractivity contribution in [2.75, 3.05) is 6.61 Å². The van der Waals surface area contributed by atoms with Gasteiger partial charge >= 0.3 is 5.97 Å². The van der Waals surface area contributed by atoms with Crippen LogP contribution in [-0.2, 0) is 24.1 Å². The van der Waals surface area contributed by atoms with Crippen molar-refractivity contribution in [1.29, 1.82) is 0 Å². The highest BCUT2D eigenvalue weighted by Crippen LogP contribution is 2.23. The van der Waals surface area contributed by atoms with E-state index in [0.717, 1.165) is 46.7 Å². The smallest absolute Gasteiger partial charge is 0.303 e. The molecule has 5 heteroatoms. The molecule has 0 spiro atoms. The molecule has 0 atom stereocenters. The minimum atomic E-state index is -0.773. The molecule has 152 valence electrons. The van der Waals surface area contributed by atoms with Crippen LogP contribution in [0.15, 0.2) is 52.9 Å². The fraction of sp³-hybridized carbons (Fsp3) is 0.333. The van der Waals surface area contributed by atoms with Crippen LogP contribution in [0.5, 0.6) is 5.75 Å². The zero-order valence-corrected chi connectivity index (χ0v) is 17.0. The Kier molecular flexibility index (Phi) is 7.06. The van der Waals surface area contributed by atoms with Gasteiger partial charge in [0.25, 0.3) is 0 Å². The maximum atomic E-state index is 10.9. The Balaban J connectivity index is 1.62. The van der Waals surface area contributed by atoms with Gasteiger partial charge in [-0.3, -0.25) is 4.79 Å². The van der Waals surface area contributed by atoms with Crippen LogP contribution in [0.2, 0.25) is 0 Å². The number of aliphatic carboxylic acids is 1. The molecule has 0 unspecified atom stereocenters. The normalized spacial score (nSPS) is 10.8. The van der Waals surface area contributed by atoms with E-state index in [-0.39, 0.29) is 6.42 Å². The van der Waals surface area contributed by atoms with E-state index >= 15 is 0 Å². The quantitative estimate of drug-likeness (QED) is 0.510. The average Bonchev–Trinajstić information content (AvgIpc) is 3.09. The predicted octanol–water partition coefficient (Wildman–Crippen LogP) is 5.24. The SMILES string of the molecule is CCCc1cc(OCCc2nc(-c3ccccc3)oc2C)ccc1CCC(=O)O. The summed E-state index contributed by atoms with van der Waals surface area (Å²) in [7, 11) is 0. The van der Waals surface area contributed by atoms with Crippen LogP contribution in [0, 0.1) is 6.92 Å². The third-order valence-corrected chi connectivity index (χ3v) is 4.83. The summed E-state index contributed by atoms with van der Waals surface area (Å²) < 4.78 is 11.8. The van der Waals surface area contributed by atoms with Crippen molar-refractivity contribution in [3.8, 4) is 17.2 Å². The molecule has 3 rings (SSSR count). The molecule has 5 nitrogen and oxygen atoms in total. The van der Waals surface area contributed by atoms with Gasteiger partial charge < -0.3 is 14.3 Å². The van der Waals surface area contributed by atoms with Gasteiger partial charge in [0.2, 0.25) is 5.89 Å². The van der Waals surface area contributed by atoms with Crippen molar-refractivity contribution in [3.63, 3.8) is 0 Å². The third-order valence-electron chi connectivity index (χ3n) is 4.83. The molecule has 0 aliphatic carbocycles. The van der Waals surface area contributed by atoms with Gasteiger partial charge in [-0.2, -0.15) is 0 Å². The number of benzene rings is 2. The first-order chi connectivity index (χ1) is 14.1. The number of hydrogen-bond donors (Lipinski definition) is 1. The van der Waals surface area contributed by atoms with Crippen molar-refractivity contribution in [1.82, 2.24) is 4.98 Å². The number of rotatable bonds is 10. The Labute approximate surface area is 171 Å². The van der Waals surface area contributed by atoms with E-state index in [9.17, 15) is 4.79 Å². The Morgan fingerprint density at radius 3 is 2.59 bits per heavy atom. The van der Waals surface area contributed by atoms with Crippen molar-refractivity contribution >= 4 is 5.97 Å². The lowest BCUT2D eigenvalue weighted by Crippen LogP contribution is -2.05. The van der Waals surface area contributed by atoms with Gasteiger partial charge in [0, 0.05) is 18.4 Å². The number of hydrogen-bond acceptors (Lipinski definition) is 4. The maximum absolute atomic E-state index is 10.9. The summed E-state index contributed by atoms with van der Waals surface area (Å²) in [5.41, 5.74) is 4.11. The number of ether oxygens (including phenoxy) is 1. The molecule has 0 radical (unpaired) electrons. The molecular formula is C24H27NO4. The van der Waals surface area contributed by atoms with Crippen LogP contribution in [-0.4, -0.2) is 22.7 Å². The Hall–Kier alpha value is -3.08. The lowest BCUT2D eigenvalue weighted by Gasteiger charge is -2.12. The fourth-order valence-corrected chi connectivity index (χ4v) is 3.31. The van der Waals surface area contributed by atoms with Gasteiger partial charge in [-0.25, -0.2) is 4.98 Å². The van der Waals surface area contributed by atoms with E-state index in [1.807, 2.05) is 55.5 Å². The number of aryl methyl sites for hydroxylation is 3. The Morgan fingerprint density at radius 1 is 1.07 bits per heavy atom. The highest BCUT2D eigenvalue weighted by Gasteiger charge is 2.12. The van der Waals surface area contributed by atoms with Gasteiger partial charge in [-0.15, -0.1) is 0 Å². The minimum Gasteiger partial charge on any atom is -0.493 e. The molecule has 0 fully saturated rings. The van der Waals surface area contributed by atoms with Crippen molar-refractivity contribution in [2.24, 2.45) is 0 Å². The summed E-state index contributed by atoms with van der Waals surface area (Å²) in [6, 6.07) is 15.8. The van der Waals surface area contributed by atoms with Gasteiger partial charge in [-0.1, -0.05) is 37.6 Å². The molecule has 1 N–H and O–H groups in total. The summed E-state index contributed by atoms with van der Waals surface area (Å²) in [5, 5.41) is 8.93. The molecule has 0 aliphatic rings. The summed E-state index contributed by atoms with van der Waals surface area (Å²) in [6.45, 7) is 4.54. The number of nitrogens with zero attached hydrogens (tertiary/aromatic N) is 1. The zero-order chi connectivity index (χ0) is 20.6. The molecule has 29 heavy (non-hydrogen) atoms. The van der Waals surface area contributed by atoms with Crippen LogP contribution in [0.1, 0.15) is 42.3 Å². The number of oxazole rings is 1. The molecule has 0 aliphatic heterocycles. The van der Waals surface area contributed by atoms with E-state index in [1.54, 1.807) is 0 Å². The molecule has 0 amide bonds. The van der Waals surface area contributed by atoms with Gasteiger partial charge in [0.1, 0.15) is 11.5 Å². The first-order valence-electron chi connectivity index (χ1n) is 10.0. The maximum Gasteiger partial charge on any atom is 0.303 e. The first kappa shape index (κ1) is 20.6. The number of carboxylic acid groups (broad SMARTS) is 1. The minimum absolute atomic E-state index is 0.145. The topological polar surface area (TPSA) is 72.6 Å². The third kappa shape index (κ3) is 5.70. The summed E-state index contributed by atoms with van der Waals surface area (Å²) >= 11 is 0. The average molecular weight is 393 g/mol. The molecule has 3 aromatic rings. The number of carboxylic acids is 1. The van der Waals surface area contributed by atoms with E-state index in [2.05, 4.69) is 11.9 Å². The summed E-state index contributed by atoms with van der Waals surface area (Å²) in [6.07, 6.45) is 3.27. The van der Waals surface area contributed by atoms with E-state index in [4.69, 9.17) is 14.3 Å². The Morgan fingerprint density at radius 2 is 1.86 bits per heavy atom. The van der Waals surface area contributed by atoms with Crippen LogP contribution in [0.25, 0.3) is 11.5 Å². The van der Waals surface area contributed by atoms with E-state index in [1.165, 1.54) is 0 Å². The van der Waals surface area contributed by atoms with Gasteiger partial charge in [0.05, 0.1) is 12.3 Å². The largest absolute Gasteiger partial charge is 0.493 e. The van der Waals surface area contributed by atoms with Crippen LogP contribution < -0.4 is 4.74 Å². The molecular weight excluding hydrogens is 366 g/mol. The molecule has 0 bridgehead atoms. The standard InChI is InChI=1S/C24H27NO4/c1-3-7-20-16-21(12-10-18(20)11-13-23(26)27)28-15-14-22-17(2)29-24(25-22)19-8-5-4-6-9-19/h4-6,8-10,12,16H,3,7,11,13-15H2,1-2H3,(H,26,27). The molecule has 2 aromatic carbocycles. The zero-order valence-electron chi connectivity index (χ0n) is 17.0. The fourth-order valence-electron chi connectivity index (χ4n) is 3.31. The second-order valence-corrected chi connectivity index (χ2v) is 7.06. The van der Waals surface area contributed by atoms with Crippen LogP contribution >= 0.6 is 0 Å². The highest BCUT2D eigenvalue weighted by atomic mass is 16.5. The van der Waals surface area contributed by atoms with E-state index < -0.39 is 5.97 Å².